The third kappa shape index (κ3) is 25.4. The van der Waals surface area contributed by atoms with E-state index >= 15 is 0 Å². The van der Waals surface area contributed by atoms with Crippen LogP contribution in [-0.2, 0) is 35.0 Å². The Labute approximate surface area is 153 Å². The molecule has 4 heteroatoms. The van der Waals surface area contributed by atoms with Crippen molar-refractivity contribution < 1.29 is 35.0 Å². The molecule has 0 heterocycles. The summed E-state index contributed by atoms with van der Waals surface area (Å²) in [6, 6.07) is 9.73. The van der Waals surface area contributed by atoms with Gasteiger partial charge in [0, 0.05) is 26.6 Å². The summed E-state index contributed by atoms with van der Waals surface area (Å²) in [6.07, 6.45) is 10.0. The average Bonchev–Trinajstić information content (AvgIpc) is 3.21. The number of hydrogen-bond acceptors (Lipinski definition) is 0. The fourth-order valence-electron chi connectivity index (χ4n) is 0.990. The first-order chi connectivity index (χ1) is 10.9. The summed E-state index contributed by atoms with van der Waals surface area (Å²) in [7, 11) is 0. The molecule has 1 aliphatic rings. The molecule has 0 aliphatic heterocycles. The SMILES string of the molecule is [C-]#[O+].[C-]#[O+].[C-]#[O+].[CH2-]C#CC#Cc1ccccc1.[CH]1[CH][CH][CH][CH]1.[W]. The standard InChI is InChI=1S/C11H7.C5H5.3CO.W/c1-2-3-5-8-11-9-6-4-7-10-11;1-2-4-5-3-1;3*1-2;/h4,6-7,9-10H,1H2;1-5H;;;;/q-1;;;;;. The van der Waals surface area contributed by atoms with Crippen LogP contribution >= 0.6 is 0 Å². The quantitative estimate of drug-likeness (QED) is 0.317. The predicted octanol–water partition coefficient (Wildman–Crippen LogP) is 2.78. The van der Waals surface area contributed by atoms with E-state index in [1.165, 1.54) is 0 Å². The molecule has 1 aromatic carbocycles. The molecule has 0 amide bonds. The molecule has 0 unspecified atom stereocenters. The van der Waals surface area contributed by atoms with Crippen LogP contribution in [0.3, 0.4) is 0 Å². The van der Waals surface area contributed by atoms with Crippen LogP contribution in [0.2, 0.25) is 0 Å². The van der Waals surface area contributed by atoms with Crippen LogP contribution in [-0.4, -0.2) is 0 Å². The van der Waals surface area contributed by atoms with Gasteiger partial charge in [-0.05, 0) is 44.2 Å². The van der Waals surface area contributed by atoms with Gasteiger partial charge >= 0.3 is 33.9 Å². The van der Waals surface area contributed by atoms with Crippen molar-refractivity contribution in [2.24, 2.45) is 0 Å². The van der Waals surface area contributed by atoms with Gasteiger partial charge in [-0.1, -0.05) is 24.1 Å². The first-order valence-electron chi connectivity index (χ1n) is 5.54. The van der Waals surface area contributed by atoms with Crippen molar-refractivity contribution in [1.29, 1.82) is 0 Å². The third-order valence-corrected chi connectivity index (χ3v) is 1.69. The topological polar surface area (TPSA) is 59.7 Å². The van der Waals surface area contributed by atoms with Crippen molar-refractivity contribution in [2.75, 3.05) is 0 Å². The summed E-state index contributed by atoms with van der Waals surface area (Å²) < 4.78 is 22.5. The van der Waals surface area contributed by atoms with Crippen molar-refractivity contribution in [3.05, 3.63) is 94.9 Å². The van der Waals surface area contributed by atoms with Gasteiger partial charge in [0.05, 0.1) is 0 Å². The molecule has 1 aliphatic carbocycles. The predicted molar refractivity (Wildman–Crippen MR) is 79.7 cm³/mol. The van der Waals surface area contributed by atoms with Gasteiger partial charge in [-0.25, -0.2) is 5.92 Å². The minimum atomic E-state index is 0. The second-order valence-electron chi connectivity index (χ2n) is 2.88. The third-order valence-electron chi connectivity index (χ3n) is 1.69. The van der Waals surface area contributed by atoms with E-state index in [1.54, 1.807) is 0 Å². The molecule has 0 bridgehead atoms. The molecule has 0 atom stereocenters. The summed E-state index contributed by atoms with van der Waals surface area (Å²) in [5.74, 6) is 10.6. The Morgan fingerprint density at radius 1 is 0.696 bits per heavy atom. The minimum absolute atomic E-state index is 0. The second-order valence-corrected chi connectivity index (χ2v) is 2.88. The van der Waals surface area contributed by atoms with Gasteiger partial charge in [-0.15, -0.1) is 5.92 Å². The Hall–Kier alpha value is -1.88. The Morgan fingerprint density at radius 2 is 1.09 bits per heavy atom. The zero-order chi connectivity index (χ0) is 17.5. The Morgan fingerprint density at radius 3 is 1.43 bits per heavy atom. The van der Waals surface area contributed by atoms with Gasteiger partial charge in [0.25, 0.3) is 0 Å². The van der Waals surface area contributed by atoms with Crippen molar-refractivity contribution in [2.45, 2.75) is 0 Å². The van der Waals surface area contributed by atoms with Gasteiger partial charge in [-0.3, -0.25) is 5.92 Å². The van der Waals surface area contributed by atoms with E-state index < -0.39 is 0 Å². The maximum atomic E-state index is 7.50. The molecule has 5 radical (unpaired) electrons. The fourth-order valence-corrected chi connectivity index (χ4v) is 0.990. The van der Waals surface area contributed by atoms with Crippen LogP contribution in [0.15, 0.2) is 30.3 Å². The van der Waals surface area contributed by atoms with Crippen molar-refractivity contribution in [1.82, 2.24) is 0 Å². The molecule has 1 fully saturated rings. The van der Waals surface area contributed by atoms with Gasteiger partial charge in [0.15, 0.2) is 0 Å². The maximum Gasteiger partial charge on any atom is 0.0238 e. The zero-order valence-corrected chi connectivity index (χ0v) is 15.0. The molecule has 113 valence electrons. The number of hydrogen-bond donors (Lipinski definition) is 0. The molecule has 1 aromatic rings. The van der Waals surface area contributed by atoms with Crippen LogP contribution in [0.25, 0.3) is 0 Å². The molecule has 2 rings (SSSR count). The Kier molecular flexibility index (Phi) is 40.8. The summed E-state index contributed by atoms with van der Waals surface area (Å²) in [5.41, 5.74) is 0.982. The first kappa shape index (κ1) is 29.2. The van der Waals surface area contributed by atoms with Crippen LogP contribution < -0.4 is 0 Å². The molecule has 0 aromatic heterocycles. The van der Waals surface area contributed by atoms with Crippen LogP contribution in [0, 0.1) is 82.7 Å². The van der Waals surface area contributed by atoms with E-state index in [4.69, 9.17) is 14.0 Å². The van der Waals surface area contributed by atoms with Gasteiger partial charge in [-0.2, -0.15) is 6.92 Å². The van der Waals surface area contributed by atoms with E-state index in [0.29, 0.717) is 0 Å². The van der Waals surface area contributed by atoms with E-state index in [0.717, 1.165) is 5.56 Å². The molecule has 23 heavy (non-hydrogen) atoms. The summed E-state index contributed by atoms with van der Waals surface area (Å²) in [6.45, 7) is 16.9. The van der Waals surface area contributed by atoms with Gasteiger partial charge in [0.2, 0.25) is 0 Å². The van der Waals surface area contributed by atoms with Gasteiger partial charge in [0.1, 0.15) is 0 Å². The molecule has 3 nitrogen and oxygen atoms in total. The summed E-state index contributed by atoms with van der Waals surface area (Å²) in [5, 5.41) is 0. The van der Waals surface area contributed by atoms with Crippen LogP contribution in [0.1, 0.15) is 5.56 Å². The Balaban J connectivity index is -0.000000127. The summed E-state index contributed by atoms with van der Waals surface area (Å²) in [4.78, 5) is 0. The van der Waals surface area contributed by atoms with Crippen LogP contribution in [0.5, 0.6) is 0 Å². The molecule has 1 saturated carbocycles. The molecule has 0 saturated heterocycles. The number of rotatable bonds is 0. The average molecular weight is 472 g/mol. The fraction of sp³-hybridized carbons (Fsp3) is 0. The monoisotopic (exact) mass is 472 g/mol. The van der Waals surface area contributed by atoms with E-state index in [9.17, 15) is 0 Å². The summed E-state index contributed by atoms with van der Waals surface area (Å²) >= 11 is 0. The van der Waals surface area contributed by atoms with Crippen LogP contribution in [0.4, 0.5) is 0 Å². The van der Waals surface area contributed by atoms with E-state index in [1.807, 2.05) is 62.4 Å². The largest absolute Gasteiger partial charge is 0.284 e. The maximum absolute atomic E-state index is 7.50. The minimum Gasteiger partial charge on any atom is -0.284 e. The van der Waals surface area contributed by atoms with Crippen molar-refractivity contribution in [3.8, 4) is 23.7 Å². The molecular formula is C19H12O3W-. The second kappa shape index (κ2) is 32.2. The number of benzene rings is 1. The molecule has 0 spiro atoms. The normalized spacial score (nSPS) is 8.78. The van der Waals surface area contributed by atoms with Crippen molar-refractivity contribution >= 4 is 0 Å². The molecule has 0 N–H and O–H groups in total. The first-order valence-corrected chi connectivity index (χ1v) is 5.54. The van der Waals surface area contributed by atoms with Gasteiger partial charge < -0.3 is 0 Å². The molecular weight excluding hydrogens is 460 g/mol. The van der Waals surface area contributed by atoms with E-state index in [2.05, 4.69) is 50.6 Å². The van der Waals surface area contributed by atoms with E-state index in [-0.39, 0.29) is 21.1 Å². The Bertz CT molecular complexity index is 496. The smallest absolute Gasteiger partial charge is 0.0238 e. The zero-order valence-electron chi connectivity index (χ0n) is 12.1. The van der Waals surface area contributed by atoms with Crippen molar-refractivity contribution in [3.63, 3.8) is 0 Å².